The van der Waals surface area contributed by atoms with E-state index in [2.05, 4.69) is 0 Å². The molecule has 10 heteroatoms. The normalized spacial score (nSPS) is 11.1. The van der Waals surface area contributed by atoms with Crippen LogP contribution in [-0.4, -0.2) is 37.5 Å². The molecule has 0 spiro atoms. The number of sulfonamides is 1. The summed E-state index contributed by atoms with van der Waals surface area (Å²) in [5.41, 5.74) is -0.431. The van der Waals surface area contributed by atoms with Gasteiger partial charge in [-0.2, -0.15) is 0 Å². The number of primary sulfonamides is 1. The fourth-order valence-corrected chi connectivity index (χ4v) is 2.56. The Kier molecular flexibility index (Phi) is 5.22. The van der Waals surface area contributed by atoms with Crippen LogP contribution in [0.4, 0.5) is 11.4 Å². The van der Waals surface area contributed by atoms with Crippen molar-refractivity contribution < 1.29 is 23.2 Å². The van der Waals surface area contributed by atoms with Crippen LogP contribution in [-0.2, 0) is 14.8 Å². The van der Waals surface area contributed by atoms with Crippen LogP contribution in [0.5, 0.6) is 0 Å². The average molecular weight is 317 g/mol. The smallest absolute Gasteiger partial charge is 0.323 e. The van der Waals surface area contributed by atoms with Gasteiger partial charge >= 0.3 is 5.97 Å². The Hall–Kier alpha value is -2.20. The summed E-state index contributed by atoms with van der Waals surface area (Å²) < 4.78 is 23.1. The molecule has 0 atom stereocenters. The number of nitro groups is 1. The highest BCUT2D eigenvalue weighted by Crippen LogP contribution is 2.29. The number of hydrogen-bond acceptors (Lipinski definition) is 6. The van der Waals surface area contributed by atoms with E-state index < -0.39 is 27.5 Å². The number of carboxylic acid groups (broad SMARTS) is 1. The molecule has 0 saturated heterocycles. The summed E-state index contributed by atoms with van der Waals surface area (Å²) >= 11 is 0. The summed E-state index contributed by atoms with van der Waals surface area (Å²) in [6.45, 7) is 1.50. The first kappa shape index (κ1) is 16.9. The van der Waals surface area contributed by atoms with E-state index in [9.17, 15) is 23.3 Å². The van der Waals surface area contributed by atoms with Crippen molar-refractivity contribution in [2.45, 2.75) is 18.2 Å². The van der Waals surface area contributed by atoms with Crippen LogP contribution in [0.3, 0.4) is 0 Å². The molecule has 0 amide bonds. The second-order valence-electron chi connectivity index (χ2n) is 4.27. The number of carbonyl (C=O) groups is 1. The van der Waals surface area contributed by atoms with Gasteiger partial charge in [0, 0.05) is 18.7 Å². The van der Waals surface area contributed by atoms with E-state index in [1.54, 1.807) is 6.92 Å². The van der Waals surface area contributed by atoms with Crippen molar-refractivity contribution in [3.8, 4) is 0 Å². The number of benzene rings is 1. The molecule has 9 nitrogen and oxygen atoms in total. The van der Waals surface area contributed by atoms with Gasteiger partial charge in [0.15, 0.2) is 0 Å². The van der Waals surface area contributed by atoms with Gasteiger partial charge in [0.25, 0.3) is 5.69 Å². The Morgan fingerprint density at radius 3 is 2.52 bits per heavy atom. The quantitative estimate of drug-likeness (QED) is 0.551. The Morgan fingerprint density at radius 2 is 2.10 bits per heavy atom. The van der Waals surface area contributed by atoms with E-state index in [1.807, 2.05) is 0 Å². The van der Waals surface area contributed by atoms with Crippen LogP contribution in [0.25, 0.3) is 0 Å². The molecule has 0 unspecified atom stereocenters. The lowest BCUT2D eigenvalue weighted by Gasteiger charge is -2.24. The zero-order chi connectivity index (χ0) is 16.2. The van der Waals surface area contributed by atoms with Gasteiger partial charge in [0.2, 0.25) is 10.0 Å². The number of nitrogens with zero attached hydrogens (tertiary/aromatic N) is 2. The van der Waals surface area contributed by atoms with E-state index in [-0.39, 0.29) is 22.8 Å². The Bertz CT molecular complexity index is 658. The van der Waals surface area contributed by atoms with Crippen molar-refractivity contribution >= 4 is 27.4 Å². The number of aliphatic carboxylic acids is 1. The predicted octanol–water partition coefficient (Wildman–Crippen LogP) is 0.543. The number of rotatable bonds is 7. The topological polar surface area (TPSA) is 144 Å². The van der Waals surface area contributed by atoms with Crippen molar-refractivity contribution in [1.82, 2.24) is 0 Å². The molecule has 3 N–H and O–H groups in total. The first-order chi connectivity index (χ1) is 9.66. The lowest BCUT2D eigenvalue weighted by molar-refractivity contribution is -0.384. The van der Waals surface area contributed by atoms with Gasteiger partial charge in [-0.25, -0.2) is 13.6 Å². The van der Waals surface area contributed by atoms with Crippen molar-refractivity contribution in [1.29, 1.82) is 0 Å². The molecule has 116 valence electrons. The third-order valence-corrected chi connectivity index (χ3v) is 3.58. The molecule has 0 saturated carbocycles. The second kappa shape index (κ2) is 6.50. The predicted molar refractivity (Wildman–Crippen MR) is 74.6 cm³/mol. The average Bonchev–Trinajstić information content (AvgIpc) is 2.36. The molecule has 0 aromatic heterocycles. The highest BCUT2D eigenvalue weighted by Gasteiger charge is 2.23. The third-order valence-electron chi connectivity index (χ3n) is 2.62. The van der Waals surface area contributed by atoms with Crippen molar-refractivity contribution in [2.24, 2.45) is 5.14 Å². The molecule has 1 aromatic rings. The number of nitro benzene ring substituents is 1. The maximum Gasteiger partial charge on any atom is 0.323 e. The Morgan fingerprint density at radius 1 is 1.48 bits per heavy atom. The van der Waals surface area contributed by atoms with Gasteiger partial charge in [0.05, 0.1) is 10.6 Å². The molecule has 0 heterocycles. The highest BCUT2D eigenvalue weighted by molar-refractivity contribution is 7.89. The Labute approximate surface area is 121 Å². The Balaban J connectivity index is 3.48. The van der Waals surface area contributed by atoms with Crippen molar-refractivity contribution in [3.05, 3.63) is 28.3 Å². The maximum atomic E-state index is 11.6. The zero-order valence-corrected chi connectivity index (χ0v) is 12.0. The lowest BCUT2D eigenvalue weighted by atomic mass is 10.2. The first-order valence-corrected chi connectivity index (χ1v) is 7.49. The minimum absolute atomic E-state index is 0.0871. The lowest BCUT2D eigenvalue weighted by Crippen LogP contribution is -2.32. The molecule has 0 fully saturated rings. The monoisotopic (exact) mass is 317 g/mol. The molecule has 0 aliphatic heterocycles. The summed E-state index contributed by atoms with van der Waals surface area (Å²) in [6.07, 6.45) is 0.528. The molecule has 1 aromatic carbocycles. The highest BCUT2D eigenvalue weighted by atomic mass is 32.2. The van der Waals surface area contributed by atoms with Gasteiger partial charge in [-0.3, -0.25) is 14.9 Å². The van der Waals surface area contributed by atoms with Gasteiger partial charge in [-0.15, -0.1) is 0 Å². The summed E-state index contributed by atoms with van der Waals surface area (Å²) in [7, 11) is -4.13. The SMILES string of the molecule is CCCN(CC(=O)O)c1cc([N+](=O)[O-])ccc1S(N)(=O)=O. The summed E-state index contributed by atoms with van der Waals surface area (Å²) in [4.78, 5) is 21.9. The maximum absolute atomic E-state index is 11.6. The number of non-ortho nitro benzene ring substituents is 1. The standard InChI is InChI=1S/C11H15N3O6S/c1-2-5-13(7-11(15)16)9-6-8(14(17)18)3-4-10(9)21(12,19)20/h3-4,6H,2,5,7H2,1H3,(H,15,16)(H2,12,19,20). The first-order valence-electron chi connectivity index (χ1n) is 5.94. The summed E-state index contributed by atoms with van der Waals surface area (Å²) in [5, 5.41) is 24.8. The minimum Gasteiger partial charge on any atom is -0.480 e. The van der Waals surface area contributed by atoms with Crippen LogP contribution in [0.1, 0.15) is 13.3 Å². The summed E-state index contributed by atoms with van der Waals surface area (Å²) in [6, 6.07) is 3.03. The molecule has 0 bridgehead atoms. The fourth-order valence-electron chi connectivity index (χ4n) is 1.82. The van der Waals surface area contributed by atoms with E-state index in [4.69, 9.17) is 10.2 Å². The van der Waals surface area contributed by atoms with Gasteiger partial charge in [0.1, 0.15) is 11.4 Å². The number of anilines is 1. The molecule has 1 rings (SSSR count). The van der Waals surface area contributed by atoms with Crippen LogP contribution in [0, 0.1) is 10.1 Å². The number of carboxylic acids is 1. The molecular formula is C11H15N3O6S. The summed E-state index contributed by atoms with van der Waals surface area (Å²) in [5.74, 6) is -1.18. The minimum atomic E-state index is -4.13. The molecule has 0 aliphatic rings. The van der Waals surface area contributed by atoms with Crippen LogP contribution >= 0.6 is 0 Å². The van der Waals surface area contributed by atoms with Gasteiger partial charge < -0.3 is 10.0 Å². The molecule has 21 heavy (non-hydrogen) atoms. The van der Waals surface area contributed by atoms with E-state index >= 15 is 0 Å². The van der Waals surface area contributed by atoms with Crippen LogP contribution in [0.2, 0.25) is 0 Å². The van der Waals surface area contributed by atoms with E-state index in [0.717, 1.165) is 18.2 Å². The number of nitrogens with two attached hydrogens (primary N) is 1. The van der Waals surface area contributed by atoms with Gasteiger partial charge in [-0.05, 0) is 12.5 Å². The van der Waals surface area contributed by atoms with Crippen molar-refractivity contribution in [3.63, 3.8) is 0 Å². The largest absolute Gasteiger partial charge is 0.480 e. The van der Waals surface area contributed by atoms with E-state index in [0.29, 0.717) is 6.42 Å². The van der Waals surface area contributed by atoms with E-state index in [1.165, 1.54) is 4.90 Å². The van der Waals surface area contributed by atoms with Crippen LogP contribution in [0.15, 0.2) is 23.1 Å². The third kappa shape index (κ3) is 4.39. The van der Waals surface area contributed by atoms with Crippen molar-refractivity contribution in [2.75, 3.05) is 18.0 Å². The van der Waals surface area contributed by atoms with Crippen LogP contribution < -0.4 is 10.0 Å². The fraction of sp³-hybridized carbons (Fsp3) is 0.364. The number of hydrogen-bond donors (Lipinski definition) is 2. The zero-order valence-electron chi connectivity index (χ0n) is 11.2. The molecular weight excluding hydrogens is 302 g/mol. The molecule has 0 radical (unpaired) electrons. The molecule has 0 aliphatic carbocycles. The van der Waals surface area contributed by atoms with Gasteiger partial charge in [-0.1, -0.05) is 6.92 Å². The second-order valence-corrected chi connectivity index (χ2v) is 5.80.